The summed E-state index contributed by atoms with van der Waals surface area (Å²) in [5.74, 6) is -0.510. The number of amides is 3. The number of nitrogens with one attached hydrogen (secondary N) is 7. The summed E-state index contributed by atoms with van der Waals surface area (Å²) in [6.45, 7) is 0. The average Bonchev–Trinajstić information content (AvgIpc) is 3.14. The van der Waals surface area contributed by atoms with E-state index in [2.05, 4.69) is 37.9 Å². The van der Waals surface area contributed by atoms with Gasteiger partial charge in [0.2, 0.25) is 18.2 Å². The summed E-state index contributed by atoms with van der Waals surface area (Å²) in [7, 11) is 0. The first-order valence-electron chi connectivity index (χ1n) is 8.20. The van der Waals surface area contributed by atoms with Crippen LogP contribution in [-0.4, -0.2) is 18.2 Å². The second kappa shape index (κ2) is 8.54. The van der Waals surface area contributed by atoms with Crippen LogP contribution in [-0.2, 0) is 14.4 Å². The Bertz CT molecular complexity index is 839. The average molecular weight is 369 g/mol. The predicted octanol–water partition coefficient (Wildman–Crippen LogP) is 1.37. The lowest BCUT2D eigenvalue weighted by molar-refractivity contribution is -0.121. The largest absolute Gasteiger partial charge is 0.326 e. The van der Waals surface area contributed by atoms with Gasteiger partial charge in [-0.15, -0.1) is 5.53 Å². The van der Waals surface area contributed by atoms with Crippen molar-refractivity contribution in [1.29, 1.82) is 0 Å². The van der Waals surface area contributed by atoms with Crippen LogP contribution >= 0.6 is 0 Å². The number of benzene rings is 2. The summed E-state index contributed by atoms with van der Waals surface area (Å²) >= 11 is 0. The van der Waals surface area contributed by atoms with Gasteiger partial charge in [0, 0.05) is 24.2 Å². The molecule has 0 aromatic heterocycles. The van der Waals surface area contributed by atoms with Gasteiger partial charge < -0.3 is 21.5 Å². The molecule has 0 radical (unpaired) electrons. The van der Waals surface area contributed by atoms with Crippen molar-refractivity contribution in [2.24, 2.45) is 0 Å². The van der Waals surface area contributed by atoms with E-state index in [1.54, 1.807) is 36.4 Å². The highest BCUT2D eigenvalue weighted by Gasteiger charge is 2.11. The minimum atomic E-state index is -0.263. The van der Waals surface area contributed by atoms with E-state index in [-0.39, 0.29) is 24.7 Å². The highest BCUT2D eigenvalue weighted by Crippen LogP contribution is 2.27. The lowest BCUT2D eigenvalue weighted by Crippen LogP contribution is -2.19. The zero-order valence-corrected chi connectivity index (χ0v) is 14.3. The molecule has 3 amide bonds. The third kappa shape index (κ3) is 5.09. The van der Waals surface area contributed by atoms with E-state index in [4.69, 9.17) is 0 Å². The van der Waals surface area contributed by atoms with Crippen LogP contribution in [0, 0.1) is 0 Å². The van der Waals surface area contributed by atoms with E-state index in [1.165, 1.54) is 0 Å². The SMILES string of the molecule is O=CNNc1ccc(NC(=O)CCC(=O)Nc2ccc3c(c2)NNN3)cc1. The molecular weight excluding hydrogens is 350 g/mol. The molecule has 0 fully saturated rings. The number of rotatable bonds is 8. The fourth-order valence-corrected chi connectivity index (χ4v) is 2.42. The minimum absolute atomic E-state index is 0.0604. The number of fused-ring (bicyclic) bond motifs is 1. The van der Waals surface area contributed by atoms with Gasteiger partial charge in [-0.05, 0) is 42.5 Å². The van der Waals surface area contributed by atoms with E-state index >= 15 is 0 Å². The van der Waals surface area contributed by atoms with Gasteiger partial charge in [-0.25, -0.2) is 0 Å². The zero-order valence-electron chi connectivity index (χ0n) is 14.3. The molecule has 27 heavy (non-hydrogen) atoms. The number of hydrogen-bond acceptors (Lipinski definition) is 7. The topological polar surface area (TPSA) is 135 Å². The molecule has 0 saturated carbocycles. The van der Waals surface area contributed by atoms with Crippen molar-refractivity contribution in [2.75, 3.05) is 26.9 Å². The Morgan fingerprint density at radius 3 is 2.11 bits per heavy atom. The van der Waals surface area contributed by atoms with Crippen LogP contribution < -0.4 is 37.9 Å². The van der Waals surface area contributed by atoms with Gasteiger partial charge in [0.1, 0.15) is 0 Å². The second-order valence-corrected chi connectivity index (χ2v) is 5.70. The molecule has 1 aliphatic heterocycles. The smallest absolute Gasteiger partial charge is 0.225 e. The molecule has 0 aliphatic carbocycles. The van der Waals surface area contributed by atoms with E-state index in [1.807, 2.05) is 6.07 Å². The number of carbonyl (C=O) groups excluding carboxylic acids is 3. The Hall–Kier alpha value is -3.79. The lowest BCUT2D eigenvalue weighted by atomic mass is 10.2. The van der Waals surface area contributed by atoms with Crippen LogP contribution in [0.4, 0.5) is 28.4 Å². The van der Waals surface area contributed by atoms with Crippen LogP contribution in [0.3, 0.4) is 0 Å². The third-order valence-corrected chi connectivity index (χ3v) is 3.72. The summed E-state index contributed by atoms with van der Waals surface area (Å²) in [4.78, 5) is 34.2. The second-order valence-electron chi connectivity index (χ2n) is 5.70. The van der Waals surface area contributed by atoms with Gasteiger partial charge >= 0.3 is 0 Å². The van der Waals surface area contributed by atoms with Gasteiger partial charge in [-0.3, -0.25) is 25.2 Å². The molecule has 10 nitrogen and oxygen atoms in total. The van der Waals surface area contributed by atoms with Gasteiger partial charge in [-0.2, -0.15) is 0 Å². The highest BCUT2D eigenvalue weighted by molar-refractivity contribution is 5.97. The van der Waals surface area contributed by atoms with Crippen molar-refractivity contribution >= 4 is 46.7 Å². The molecule has 2 aromatic carbocycles. The quantitative estimate of drug-likeness (QED) is 0.276. The fraction of sp³-hybridized carbons (Fsp3) is 0.118. The van der Waals surface area contributed by atoms with Crippen molar-refractivity contribution in [3.8, 4) is 0 Å². The van der Waals surface area contributed by atoms with Crippen molar-refractivity contribution in [1.82, 2.24) is 11.0 Å². The standard InChI is InChI=1S/C17H19N7O3/c25-10-18-21-12-3-1-11(2-4-12)19-16(26)7-8-17(27)20-13-5-6-14-15(9-13)23-24-22-14/h1-6,9-10,21-24H,7-8H2,(H,18,25)(H,19,26)(H,20,27). The van der Waals surface area contributed by atoms with Crippen molar-refractivity contribution in [3.05, 3.63) is 42.5 Å². The lowest BCUT2D eigenvalue weighted by Gasteiger charge is -2.08. The summed E-state index contributed by atoms with van der Waals surface area (Å²) in [5, 5.41) is 5.47. The summed E-state index contributed by atoms with van der Waals surface area (Å²) in [6, 6.07) is 12.2. The van der Waals surface area contributed by atoms with Crippen molar-refractivity contribution < 1.29 is 14.4 Å². The molecule has 0 spiro atoms. The number of hydrogen-bond donors (Lipinski definition) is 7. The van der Waals surface area contributed by atoms with Gasteiger partial charge in [0.15, 0.2) is 0 Å². The van der Waals surface area contributed by atoms with Crippen LogP contribution in [0.25, 0.3) is 0 Å². The molecule has 7 N–H and O–H groups in total. The van der Waals surface area contributed by atoms with Gasteiger partial charge in [0.25, 0.3) is 0 Å². The number of carbonyl (C=O) groups is 3. The normalized spacial score (nSPS) is 11.4. The maximum absolute atomic E-state index is 12.0. The maximum atomic E-state index is 12.0. The Kier molecular flexibility index (Phi) is 5.70. The van der Waals surface area contributed by atoms with E-state index in [0.29, 0.717) is 23.5 Å². The Morgan fingerprint density at radius 2 is 1.41 bits per heavy atom. The molecule has 0 saturated heterocycles. The summed E-state index contributed by atoms with van der Waals surface area (Å²) in [5.41, 5.74) is 17.2. The molecular formula is C17H19N7O3. The fourth-order valence-electron chi connectivity index (χ4n) is 2.42. The monoisotopic (exact) mass is 369 g/mol. The van der Waals surface area contributed by atoms with Crippen molar-refractivity contribution in [2.45, 2.75) is 12.8 Å². The first-order chi connectivity index (χ1) is 13.1. The Morgan fingerprint density at radius 1 is 0.815 bits per heavy atom. The van der Waals surface area contributed by atoms with E-state index in [9.17, 15) is 14.4 Å². The first kappa shape index (κ1) is 18.0. The molecule has 140 valence electrons. The van der Waals surface area contributed by atoms with Crippen LogP contribution in [0.2, 0.25) is 0 Å². The van der Waals surface area contributed by atoms with Gasteiger partial charge in [-0.1, -0.05) is 0 Å². The number of anilines is 5. The van der Waals surface area contributed by atoms with Gasteiger partial charge in [0.05, 0.1) is 17.1 Å². The Balaban J connectivity index is 1.43. The number of hydrazine groups is 3. The molecule has 0 bridgehead atoms. The first-order valence-corrected chi connectivity index (χ1v) is 8.20. The maximum Gasteiger partial charge on any atom is 0.225 e. The van der Waals surface area contributed by atoms with Crippen molar-refractivity contribution in [3.63, 3.8) is 0 Å². The Labute approximate surface area is 155 Å². The highest BCUT2D eigenvalue weighted by atomic mass is 16.2. The molecule has 2 aromatic rings. The van der Waals surface area contributed by atoms with Crippen LogP contribution in [0.5, 0.6) is 0 Å². The molecule has 10 heteroatoms. The summed E-state index contributed by atoms with van der Waals surface area (Å²) < 4.78 is 0. The summed E-state index contributed by atoms with van der Waals surface area (Å²) in [6.07, 6.45) is 0.647. The molecule has 1 heterocycles. The third-order valence-electron chi connectivity index (χ3n) is 3.72. The molecule has 3 rings (SSSR count). The van der Waals surface area contributed by atoms with E-state index < -0.39 is 0 Å². The minimum Gasteiger partial charge on any atom is -0.326 e. The van der Waals surface area contributed by atoms with Crippen LogP contribution in [0.15, 0.2) is 42.5 Å². The molecule has 0 atom stereocenters. The predicted molar refractivity (Wildman–Crippen MR) is 103 cm³/mol. The van der Waals surface area contributed by atoms with E-state index in [0.717, 1.165) is 11.4 Å². The molecule has 1 aliphatic rings. The molecule has 0 unspecified atom stereocenters. The van der Waals surface area contributed by atoms with Crippen LogP contribution in [0.1, 0.15) is 12.8 Å². The zero-order chi connectivity index (χ0) is 19.1.